The average Bonchev–Trinajstić information content (AvgIpc) is 3.08. The minimum Gasteiger partial charge on any atom is -0.330 e. The van der Waals surface area contributed by atoms with Gasteiger partial charge in [-0.3, -0.25) is 4.79 Å². The van der Waals surface area contributed by atoms with E-state index in [1.807, 2.05) is 6.07 Å². The van der Waals surface area contributed by atoms with Gasteiger partial charge in [-0.15, -0.1) is 11.3 Å². The Morgan fingerprint density at radius 1 is 1.33 bits per heavy atom. The quantitative estimate of drug-likeness (QED) is 0.906. The summed E-state index contributed by atoms with van der Waals surface area (Å²) >= 11 is 5.20. The molecule has 1 aromatic rings. The second-order valence-electron chi connectivity index (χ2n) is 5.17. The van der Waals surface area contributed by atoms with E-state index in [1.54, 1.807) is 11.3 Å². The van der Waals surface area contributed by atoms with Crippen LogP contribution in [0.5, 0.6) is 0 Å². The van der Waals surface area contributed by atoms with Crippen LogP contribution in [0.25, 0.3) is 0 Å². The molecule has 2 heterocycles. The van der Waals surface area contributed by atoms with Crippen LogP contribution in [0.2, 0.25) is 0 Å². The average molecular weight is 329 g/mol. The predicted octanol–water partition coefficient (Wildman–Crippen LogP) is 3.05. The largest absolute Gasteiger partial charge is 0.330 e. The third-order valence-corrected chi connectivity index (χ3v) is 5.44. The van der Waals surface area contributed by atoms with Crippen molar-refractivity contribution in [1.29, 1.82) is 0 Å². The monoisotopic (exact) mass is 328 g/mol. The lowest BCUT2D eigenvalue weighted by atomic mass is 10.0. The molecule has 3 rings (SSSR count). The molecule has 3 nitrogen and oxygen atoms in total. The van der Waals surface area contributed by atoms with Gasteiger partial charge in [0.05, 0.1) is 9.83 Å². The molecule has 1 aliphatic heterocycles. The number of rotatable bonds is 2. The van der Waals surface area contributed by atoms with Crippen LogP contribution in [0.3, 0.4) is 0 Å². The van der Waals surface area contributed by atoms with Gasteiger partial charge < -0.3 is 10.6 Å². The first-order chi connectivity index (χ1) is 8.66. The Bertz CT molecular complexity index is 458. The highest BCUT2D eigenvalue weighted by Crippen LogP contribution is 2.41. The molecule has 1 aromatic heterocycles. The van der Waals surface area contributed by atoms with Crippen molar-refractivity contribution in [2.45, 2.75) is 50.2 Å². The summed E-state index contributed by atoms with van der Waals surface area (Å²) in [5.74, 6) is 0.292. The molecule has 0 radical (unpaired) electrons. The first-order valence-corrected chi connectivity index (χ1v) is 8.10. The van der Waals surface area contributed by atoms with E-state index >= 15 is 0 Å². The van der Waals surface area contributed by atoms with Gasteiger partial charge in [-0.05, 0) is 53.7 Å². The summed E-state index contributed by atoms with van der Waals surface area (Å²) in [6, 6.07) is 4.75. The van der Waals surface area contributed by atoms with Crippen molar-refractivity contribution in [1.82, 2.24) is 4.90 Å². The number of halogens is 1. The number of nitrogens with zero attached hydrogens (tertiary/aromatic N) is 1. The highest BCUT2D eigenvalue weighted by molar-refractivity contribution is 9.11. The summed E-state index contributed by atoms with van der Waals surface area (Å²) in [4.78, 5) is 15.6. The lowest BCUT2D eigenvalue weighted by molar-refractivity contribution is -0.133. The number of hydrogen-bond acceptors (Lipinski definition) is 3. The van der Waals surface area contributed by atoms with Crippen LogP contribution < -0.4 is 5.73 Å². The lowest BCUT2D eigenvalue weighted by Gasteiger charge is -2.33. The van der Waals surface area contributed by atoms with E-state index in [9.17, 15) is 4.79 Å². The molecule has 2 atom stereocenters. The summed E-state index contributed by atoms with van der Waals surface area (Å²) in [5.41, 5.74) is 6.34. The zero-order valence-corrected chi connectivity index (χ0v) is 12.5. The number of carbonyl (C=O) groups is 1. The van der Waals surface area contributed by atoms with Crippen LogP contribution >= 0.6 is 27.3 Å². The van der Waals surface area contributed by atoms with Gasteiger partial charge in [-0.1, -0.05) is 0 Å². The normalized spacial score (nSPS) is 29.4. The van der Waals surface area contributed by atoms with Crippen LogP contribution in [0.15, 0.2) is 15.9 Å². The molecule has 2 fully saturated rings. The van der Waals surface area contributed by atoms with Gasteiger partial charge in [0.2, 0.25) is 5.91 Å². The first kappa shape index (κ1) is 12.6. The molecule has 18 heavy (non-hydrogen) atoms. The Morgan fingerprint density at radius 2 is 2.11 bits per heavy atom. The SMILES string of the molecule is NC1CCCC(=O)N(C2CC2)C1c1ccc(Br)s1. The standard InChI is InChI=1S/C13H17BrN2OS/c14-11-7-6-10(18-11)13-9(15)2-1-3-12(17)16(13)8-4-5-8/h6-9,13H,1-5,15H2. The van der Waals surface area contributed by atoms with Gasteiger partial charge in [-0.2, -0.15) is 0 Å². The van der Waals surface area contributed by atoms with Crippen molar-refractivity contribution in [2.75, 3.05) is 0 Å². The van der Waals surface area contributed by atoms with Crippen molar-refractivity contribution < 1.29 is 4.79 Å². The molecule has 98 valence electrons. The van der Waals surface area contributed by atoms with Crippen molar-refractivity contribution in [3.8, 4) is 0 Å². The molecule has 1 saturated carbocycles. The predicted molar refractivity (Wildman–Crippen MR) is 76.5 cm³/mol. The molecule has 0 aromatic carbocycles. The van der Waals surface area contributed by atoms with Gasteiger partial charge in [0.1, 0.15) is 0 Å². The Labute approximate surface area is 119 Å². The van der Waals surface area contributed by atoms with Gasteiger partial charge in [0.25, 0.3) is 0 Å². The zero-order chi connectivity index (χ0) is 12.7. The molecule has 1 saturated heterocycles. The van der Waals surface area contributed by atoms with Crippen LogP contribution in [0.1, 0.15) is 43.0 Å². The number of thiophene rings is 1. The highest BCUT2D eigenvalue weighted by atomic mass is 79.9. The van der Waals surface area contributed by atoms with Gasteiger partial charge >= 0.3 is 0 Å². The Balaban J connectivity index is 1.96. The number of hydrogen-bond donors (Lipinski definition) is 1. The fourth-order valence-electron chi connectivity index (χ4n) is 2.76. The van der Waals surface area contributed by atoms with E-state index in [4.69, 9.17) is 5.73 Å². The Hall–Kier alpha value is -0.390. The van der Waals surface area contributed by atoms with Gasteiger partial charge in [0, 0.05) is 23.4 Å². The molecule has 1 amide bonds. The molecular formula is C13H17BrN2OS. The highest BCUT2D eigenvalue weighted by Gasteiger charge is 2.42. The molecule has 1 aliphatic carbocycles. The molecule has 2 unspecified atom stereocenters. The summed E-state index contributed by atoms with van der Waals surface area (Å²) in [7, 11) is 0. The Kier molecular flexibility index (Phi) is 3.47. The maximum atomic E-state index is 12.3. The smallest absolute Gasteiger partial charge is 0.223 e. The minimum absolute atomic E-state index is 0.0719. The number of likely N-dealkylation sites (tertiary alicyclic amines) is 1. The topological polar surface area (TPSA) is 46.3 Å². The molecule has 2 N–H and O–H groups in total. The van der Waals surface area contributed by atoms with Gasteiger partial charge in [-0.25, -0.2) is 0 Å². The molecule has 0 bridgehead atoms. The second kappa shape index (κ2) is 4.94. The van der Waals surface area contributed by atoms with E-state index in [1.165, 1.54) is 4.88 Å². The molecule has 0 spiro atoms. The zero-order valence-electron chi connectivity index (χ0n) is 10.1. The van der Waals surface area contributed by atoms with E-state index in [0.717, 1.165) is 29.5 Å². The number of amides is 1. The maximum absolute atomic E-state index is 12.3. The van der Waals surface area contributed by atoms with Gasteiger partial charge in [0.15, 0.2) is 0 Å². The van der Waals surface area contributed by atoms with Crippen LogP contribution in [0.4, 0.5) is 0 Å². The van der Waals surface area contributed by atoms with E-state index in [0.29, 0.717) is 18.4 Å². The molecule has 2 aliphatic rings. The minimum atomic E-state index is 0.0719. The first-order valence-electron chi connectivity index (χ1n) is 6.49. The van der Waals surface area contributed by atoms with Crippen LogP contribution in [-0.4, -0.2) is 22.9 Å². The van der Waals surface area contributed by atoms with Crippen LogP contribution in [-0.2, 0) is 4.79 Å². The van der Waals surface area contributed by atoms with Crippen LogP contribution in [0, 0.1) is 0 Å². The fourth-order valence-corrected chi connectivity index (χ4v) is 4.36. The number of carbonyl (C=O) groups excluding carboxylic acids is 1. The third-order valence-electron chi connectivity index (χ3n) is 3.75. The van der Waals surface area contributed by atoms with Crippen molar-refractivity contribution >= 4 is 33.2 Å². The third kappa shape index (κ3) is 2.36. The van der Waals surface area contributed by atoms with Crippen molar-refractivity contribution in [3.63, 3.8) is 0 Å². The molecular weight excluding hydrogens is 312 g/mol. The summed E-state index contributed by atoms with van der Waals surface area (Å²) < 4.78 is 1.11. The maximum Gasteiger partial charge on any atom is 0.223 e. The lowest BCUT2D eigenvalue weighted by Crippen LogP contribution is -2.43. The second-order valence-corrected chi connectivity index (χ2v) is 7.67. The summed E-state index contributed by atoms with van der Waals surface area (Å²) in [6.07, 6.45) is 4.80. The van der Waals surface area contributed by atoms with Crippen molar-refractivity contribution in [3.05, 3.63) is 20.8 Å². The van der Waals surface area contributed by atoms with E-state index in [-0.39, 0.29) is 12.1 Å². The Morgan fingerprint density at radius 3 is 2.72 bits per heavy atom. The molecule has 5 heteroatoms. The fraction of sp³-hybridized carbons (Fsp3) is 0.615. The van der Waals surface area contributed by atoms with Crippen molar-refractivity contribution in [2.24, 2.45) is 5.73 Å². The summed E-state index contributed by atoms with van der Waals surface area (Å²) in [6.45, 7) is 0. The number of nitrogens with two attached hydrogens (primary N) is 1. The summed E-state index contributed by atoms with van der Waals surface area (Å²) in [5, 5.41) is 0. The van der Waals surface area contributed by atoms with E-state index < -0.39 is 0 Å². The van der Waals surface area contributed by atoms with E-state index in [2.05, 4.69) is 26.9 Å².